The van der Waals surface area contributed by atoms with E-state index >= 15 is 0 Å². The molecule has 1 saturated heterocycles. The smallest absolute Gasteiger partial charge is 0.252 e. The maximum absolute atomic E-state index is 12.6. The van der Waals surface area contributed by atoms with E-state index in [9.17, 15) is 9.59 Å². The number of anilines is 1. The number of carbonyl (C=O) groups excluding carboxylic acids is 2. The average molecular weight is 296 g/mol. The summed E-state index contributed by atoms with van der Waals surface area (Å²) in [5, 5.41) is 2.81. The van der Waals surface area contributed by atoms with Gasteiger partial charge in [-0.2, -0.15) is 0 Å². The van der Waals surface area contributed by atoms with Crippen molar-refractivity contribution in [2.24, 2.45) is 0 Å². The summed E-state index contributed by atoms with van der Waals surface area (Å²) in [6, 6.07) is 6.39. The SMILES string of the molecule is O=C(NC1CCCN(c2cccnc2)C1=O)c1ccncc1. The van der Waals surface area contributed by atoms with Gasteiger partial charge in [0.15, 0.2) is 0 Å². The van der Waals surface area contributed by atoms with Crippen molar-refractivity contribution in [3.63, 3.8) is 0 Å². The predicted molar refractivity (Wildman–Crippen MR) is 81.3 cm³/mol. The van der Waals surface area contributed by atoms with Crippen LogP contribution in [0, 0.1) is 0 Å². The Hall–Kier alpha value is -2.76. The van der Waals surface area contributed by atoms with Gasteiger partial charge in [-0.1, -0.05) is 0 Å². The molecule has 1 unspecified atom stereocenters. The van der Waals surface area contributed by atoms with Crippen LogP contribution in [-0.2, 0) is 4.79 Å². The molecular weight excluding hydrogens is 280 g/mol. The Kier molecular flexibility index (Phi) is 4.09. The van der Waals surface area contributed by atoms with Gasteiger partial charge in [0.05, 0.1) is 11.9 Å². The van der Waals surface area contributed by atoms with E-state index in [-0.39, 0.29) is 11.8 Å². The minimum absolute atomic E-state index is 0.0957. The van der Waals surface area contributed by atoms with Crippen LogP contribution < -0.4 is 10.2 Å². The molecule has 1 N–H and O–H groups in total. The highest BCUT2D eigenvalue weighted by atomic mass is 16.2. The number of nitrogens with zero attached hydrogens (tertiary/aromatic N) is 3. The number of pyridine rings is 2. The van der Waals surface area contributed by atoms with E-state index in [4.69, 9.17) is 0 Å². The summed E-state index contributed by atoms with van der Waals surface area (Å²) in [4.78, 5) is 34.3. The van der Waals surface area contributed by atoms with Gasteiger partial charge in [-0.3, -0.25) is 19.6 Å². The van der Waals surface area contributed by atoms with Gasteiger partial charge in [0.25, 0.3) is 5.91 Å². The van der Waals surface area contributed by atoms with Crippen LogP contribution in [-0.4, -0.2) is 34.4 Å². The Bertz CT molecular complexity index is 660. The predicted octanol–water partition coefficient (Wildman–Crippen LogP) is 1.40. The van der Waals surface area contributed by atoms with Crippen LogP contribution in [0.5, 0.6) is 0 Å². The zero-order valence-electron chi connectivity index (χ0n) is 12.0. The summed E-state index contributed by atoms with van der Waals surface area (Å²) < 4.78 is 0. The number of aromatic nitrogens is 2. The van der Waals surface area contributed by atoms with Crippen molar-refractivity contribution < 1.29 is 9.59 Å². The van der Waals surface area contributed by atoms with Crippen LogP contribution in [0.15, 0.2) is 49.1 Å². The summed E-state index contributed by atoms with van der Waals surface area (Å²) in [7, 11) is 0. The van der Waals surface area contributed by atoms with E-state index in [0.29, 0.717) is 18.5 Å². The molecule has 2 aromatic rings. The molecule has 0 radical (unpaired) electrons. The molecule has 22 heavy (non-hydrogen) atoms. The standard InChI is InChI=1S/C16H16N4O2/c21-15(12-5-8-17-9-6-12)19-14-4-2-10-20(16(14)22)13-3-1-7-18-11-13/h1,3,5-9,11,14H,2,4,10H2,(H,19,21). The summed E-state index contributed by atoms with van der Waals surface area (Å²) in [5.41, 5.74) is 1.26. The van der Waals surface area contributed by atoms with Gasteiger partial charge in [0.2, 0.25) is 5.91 Å². The molecule has 2 amide bonds. The Balaban J connectivity index is 1.72. The molecule has 1 aliphatic heterocycles. The van der Waals surface area contributed by atoms with Crippen LogP contribution in [0.3, 0.4) is 0 Å². The van der Waals surface area contributed by atoms with Gasteiger partial charge in [0.1, 0.15) is 6.04 Å². The first-order valence-corrected chi connectivity index (χ1v) is 7.18. The second-order valence-corrected chi connectivity index (χ2v) is 5.11. The fourth-order valence-electron chi connectivity index (χ4n) is 2.52. The third-order valence-electron chi connectivity index (χ3n) is 3.64. The minimum Gasteiger partial charge on any atom is -0.340 e. The van der Waals surface area contributed by atoms with E-state index in [1.807, 2.05) is 6.07 Å². The minimum atomic E-state index is -0.505. The zero-order chi connectivity index (χ0) is 15.4. The highest BCUT2D eigenvalue weighted by Gasteiger charge is 2.31. The fourth-order valence-corrected chi connectivity index (χ4v) is 2.52. The molecule has 1 aliphatic rings. The van der Waals surface area contributed by atoms with E-state index in [1.54, 1.807) is 47.9 Å². The normalized spacial score (nSPS) is 18.1. The molecule has 0 aliphatic carbocycles. The number of hydrogen-bond donors (Lipinski definition) is 1. The van der Waals surface area contributed by atoms with E-state index in [1.165, 1.54) is 0 Å². The summed E-state index contributed by atoms with van der Waals surface area (Å²) in [6.45, 7) is 0.645. The molecule has 2 aromatic heterocycles. The lowest BCUT2D eigenvalue weighted by molar-refractivity contribution is -0.121. The molecule has 1 atom stereocenters. The third-order valence-corrected chi connectivity index (χ3v) is 3.64. The number of hydrogen-bond acceptors (Lipinski definition) is 4. The number of rotatable bonds is 3. The van der Waals surface area contributed by atoms with Crippen molar-refractivity contribution in [3.8, 4) is 0 Å². The van der Waals surface area contributed by atoms with E-state index < -0.39 is 6.04 Å². The van der Waals surface area contributed by atoms with Crippen molar-refractivity contribution in [2.45, 2.75) is 18.9 Å². The van der Waals surface area contributed by atoms with Crippen LogP contribution in [0.2, 0.25) is 0 Å². The van der Waals surface area contributed by atoms with E-state index in [2.05, 4.69) is 15.3 Å². The molecule has 6 nitrogen and oxygen atoms in total. The highest BCUT2D eigenvalue weighted by Crippen LogP contribution is 2.20. The molecule has 1 fully saturated rings. The zero-order valence-corrected chi connectivity index (χ0v) is 12.0. The Labute approximate surface area is 128 Å². The van der Waals surface area contributed by atoms with Gasteiger partial charge in [-0.05, 0) is 37.1 Å². The van der Waals surface area contributed by atoms with Crippen LogP contribution in [0.1, 0.15) is 23.2 Å². The Morgan fingerprint density at radius 3 is 2.73 bits per heavy atom. The molecule has 0 saturated carbocycles. The number of piperidine rings is 1. The summed E-state index contributed by atoms with van der Waals surface area (Å²) in [5.74, 6) is -0.351. The fraction of sp³-hybridized carbons (Fsp3) is 0.250. The quantitative estimate of drug-likeness (QED) is 0.929. The lowest BCUT2D eigenvalue weighted by atomic mass is 10.0. The van der Waals surface area contributed by atoms with Gasteiger partial charge in [0, 0.05) is 30.7 Å². The summed E-state index contributed by atoms with van der Waals surface area (Å²) in [6.07, 6.45) is 7.92. The molecule has 0 spiro atoms. The van der Waals surface area contributed by atoms with Gasteiger partial charge in [-0.25, -0.2) is 0 Å². The number of amides is 2. The van der Waals surface area contributed by atoms with Crippen LogP contribution >= 0.6 is 0 Å². The Morgan fingerprint density at radius 1 is 1.18 bits per heavy atom. The topological polar surface area (TPSA) is 75.2 Å². The first-order chi connectivity index (χ1) is 10.8. The molecule has 3 rings (SSSR count). The van der Waals surface area contributed by atoms with Gasteiger partial charge >= 0.3 is 0 Å². The van der Waals surface area contributed by atoms with Crippen molar-refractivity contribution in [3.05, 3.63) is 54.6 Å². The first kappa shape index (κ1) is 14.2. The van der Waals surface area contributed by atoms with Crippen molar-refractivity contribution in [1.82, 2.24) is 15.3 Å². The van der Waals surface area contributed by atoms with Gasteiger partial charge in [-0.15, -0.1) is 0 Å². The average Bonchev–Trinajstić information content (AvgIpc) is 2.58. The molecule has 0 aromatic carbocycles. The molecule has 0 bridgehead atoms. The molecular formula is C16H16N4O2. The van der Waals surface area contributed by atoms with Crippen molar-refractivity contribution >= 4 is 17.5 Å². The summed E-state index contributed by atoms with van der Waals surface area (Å²) >= 11 is 0. The van der Waals surface area contributed by atoms with Crippen LogP contribution in [0.4, 0.5) is 5.69 Å². The van der Waals surface area contributed by atoms with Crippen molar-refractivity contribution in [1.29, 1.82) is 0 Å². The van der Waals surface area contributed by atoms with Gasteiger partial charge < -0.3 is 10.2 Å². The molecule has 112 valence electrons. The monoisotopic (exact) mass is 296 g/mol. The number of carbonyl (C=O) groups is 2. The molecule has 6 heteroatoms. The molecule has 3 heterocycles. The second-order valence-electron chi connectivity index (χ2n) is 5.11. The third kappa shape index (κ3) is 2.95. The van der Waals surface area contributed by atoms with Crippen LogP contribution in [0.25, 0.3) is 0 Å². The Morgan fingerprint density at radius 2 is 2.00 bits per heavy atom. The maximum Gasteiger partial charge on any atom is 0.252 e. The lowest BCUT2D eigenvalue weighted by Gasteiger charge is -2.32. The lowest BCUT2D eigenvalue weighted by Crippen LogP contribution is -2.52. The van der Waals surface area contributed by atoms with Crippen molar-refractivity contribution in [2.75, 3.05) is 11.4 Å². The highest BCUT2D eigenvalue weighted by molar-refractivity contribution is 6.02. The largest absolute Gasteiger partial charge is 0.340 e. The number of nitrogens with one attached hydrogen (secondary N) is 1. The first-order valence-electron chi connectivity index (χ1n) is 7.18. The maximum atomic E-state index is 12.6. The van der Waals surface area contributed by atoms with E-state index in [0.717, 1.165) is 12.1 Å². The second kappa shape index (κ2) is 6.34.